The topological polar surface area (TPSA) is 43.5 Å². The van der Waals surface area contributed by atoms with Crippen LogP contribution in [0.1, 0.15) is 6.42 Å². The smallest absolute Gasteiger partial charge is 0.0689 e. The maximum absolute atomic E-state index is 9.06. The van der Waals surface area contributed by atoms with E-state index in [2.05, 4.69) is 4.90 Å². The first-order valence-corrected chi connectivity index (χ1v) is 3.34. The van der Waals surface area contributed by atoms with Gasteiger partial charge in [0.2, 0.25) is 0 Å². The van der Waals surface area contributed by atoms with Gasteiger partial charge in [0.15, 0.2) is 0 Å². The molecule has 3 heteroatoms. The molecule has 0 aromatic heterocycles. The lowest BCUT2D eigenvalue weighted by Crippen LogP contribution is -2.19. The van der Waals surface area contributed by atoms with Gasteiger partial charge < -0.3 is 10.2 Å². The molecule has 3 nitrogen and oxygen atoms in total. The van der Waals surface area contributed by atoms with Crippen molar-refractivity contribution in [2.24, 2.45) is 0 Å². The SMILES string of the molecule is OCCC(O)CN1CC1. The number of rotatable bonds is 4. The van der Waals surface area contributed by atoms with Crippen LogP contribution in [0.5, 0.6) is 0 Å². The fourth-order valence-electron chi connectivity index (χ4n) is 0.792. The molecule has 0 amide bonds. The maximum Gasteiger partial charge on any atom is 0.0689 e. The van der Waals surface area contributed by atoms with Crippen molar-refractivity contribution < 1.29 is 10.2 Å². The molecule has 0 bridgehead atoms. The highest BCUT2D eigenvalue weighted by atomic mass is 16.3. The van der Waals surface area contributed by atoms with Gasteiger partial charge in [0, 0.05) is 26.2 Å². The third-order valence-corrected chi connectivity index (χ3v) is 1.47. The summed E-state index contributed by atoms with van der Waals surface area (Å²) < 4.78 is 0. The molecule has 1 atom stereocenters. The Morgan fingerprint density at radius 1 is 1.44 bits per heavy atom. The zero-order valence-electron chi connectivity index (χ0n) is 5.45. The molecule has 9 heavy (non-hydrogen) atoms. The van der Waals surface area contributed by atoms with Crippen molar-refractivity contribution in [3.8, 4) is 0 Å². The zero-order chi connectivity index (χ0) is 6.69. The highest BCUT2D eigenvalue weighted by Gasteiger charge is 2.19. The molecule has 1 rings (SSSR count). The standard InChI is InChI=1S/C6H13NO2/c8-4-1-6(9)5-7-2-3-7/h6,8-9H,1-5H2. The van der Waals surface area contributed by atoms with Gasteiger partial charge in [0.1, 0.15) is 0 Å². The zero-order valence-corrected chi connectivity index (χ0v) is 5.45. The van der Waals surface area contributed by atoms with Crippen molar-refractivity contribution in [2.75, 3.05) is 26.2 Å². The number of aliphatic hydroxyl groups is 2. The first kappa shape index (κ1) is 6.99. The van der Waals surface area contributed by atoms with E-state index in [9.17, 15) is 0 Å². The van der Waals surface area contributed by atoms with Gasteiger partial charge in [0.25, 0.3) is 0 Å². The highest BCUT2D eigenvalue weighted by molar-refractivity contribution is 4.75. The van der Waals surface area contributed by atoms with Crippen LogP contribution in [0, 0.1) is 0 Å². The lowest BCUT2D eigenvalue weighted by molar-refractivity contribution is 0.118. The van der Waals surface area contributed by atoms with Crippen LogP contribution in [0.2, 0.25) is 0 Å². The summed E-state index contributed by atoms with van der Waals surface area (Å²) in [4.78, 5) is 2.14. The van der Waals surface area contributed by atoms with Gasteiger partial charge >= 0.3 is 0 Å². The van der Waals surface area contributed by atoms with Crippen molar-refractivity contribution in [2.45, 2.75) is 12.5 Å². The predicted octanol–water partition coefficient (Wildman–Crippen LogP) is -0.955. The normalized spacial score (nSPS) is 22.0. The molecule has 54 valence electrons. The Morgan fingerprint density at radius 3 is 2.56 bits per heavy atom. The molecule has 0 spiro atoms. The second-order valence-corrected chi connectivity index (χ2v) is 2.47. The average Bonchev–Trinajstić information content (AvgIpc) is 2.50. The van der Waals surface area contributed by atoms with Crippen LogP contribution >= 0.6 is 0 Å². The van der Waals surface area contributed by atoms with Gasteiger partial charge in [-0.05, 0) is 6.42 Å². The molecule has 0 radical (unpaired) electrons. The van der Waals surface area contributed by atoms with E-state index in [1.54, 1.807) is 0 Å². The van der Waals surface area contributed by atoms with Crippen LogP contribution in [0.3, 0.4) is 0 Å². The minimum Gasteiger partial charge on any atom is -0.396 e. The van der Waals surface area contributed by atoms with Crippen LogP contribution in [-0.2, 0) is 0 Å². The molecule has 1 unspecified atom stereocenters. The minimum atomic E-state index is -0.322. The lowest BCUT2D eigenvalue weighted by atomic mass is 10.3. The molecular formula is C6H13NO2. The van der Waals surface area contributed by atoms with Crippen LogP contribution < -0.4 is 0 Å². The van der Waals surface area contributed by atoms with Crippen molar-refractivity contribution in [3.63, 3.8) is 0 Å². The fraction of sp³-hybridized carbons (Fsp3) is 1.00. The molecular weight excluding hydrogens is 118 g/mol. The van der Waals surface area contributed by atoms with Crippen molar-refractivity contribution in [3.05, 3.63) is 0 Å². The molecule has 0 aromatic rings. The third kappa shape index (κ3) is 2.79. The van der Waals surface area contributed by atoms with E-state index in [1.807, 2.05) is 0 Å². The van der Waals surface area contributed by atoms with Gasteiger partial charge in [-0.1, -0.05) is 0 Å². The molecule has 2 N–H and O–H groups in total. The van der Waals surface area contributed by atoms with Crippen LogP contribution in [-0.4, -0.2) is 47.5 Å². The monoisotopic (exact) mass is 131 g/mol. The first-order valence-electron chi connectivity index (χ1n) is 3.34. The van der Waals surface area contributed by atoms with Gasteiger partial charge in [0.05, 0.1) is 6.10 Å². The molecule has 1 aliphatic heterocycles. The van der Waals surface area contributed by atoms with E-state index in [0.29, 0.717) is 6.42 Å². The fourth-order valence-corrected chi connectivity index (χ4v) is 0.792. The Kier molecular flexibility index (Phi) is 2.45. The summed E-state index contributed by atoms with van der Waals surface area (Å²) >= 11 is 0. The van der Waals surface area contributed by atoms with E-state index < -0.39 is 0 Å². The Bertz CT molecular complexity index is 83.1. The van der Waals surface area contributed by atoms with Crippen molar-refractivity contribution in [1.82, 2.24) is 4.90 Å². The number of aliphatic hydroxyl groups excluding tert-OH is 2. The number of nitrogens with zero attached hydrogens (tertiary/aromatic N) is 1. The minimum absolute atomic E-state index is 0.0923. The summed E-state index contributed by atoms with van der Waals surface area (Å²) in [6.07, 6.45) is 0.189. The molecule has 1 fully saturated rings. The maximum atomic E-state index is 9.06. The van der Waals surface area contributed by atoms with Gasteiger partial charge in [-0.25, -0.2) is 0 Å². The second-order valence-electron chi connectivity index (χ2n) is 2.47. The average molecular weight is 131 g/mol. The molecule has 1 heterocycles. The van der Waals surface area contributed by atoms with Gasteiger partial charge in [-0.3, -0.25) is 4.90 Å². The molecule has 1 saturated heterocycles. The summed E-state index contributed by atoms with van der Waals surface area (Å²) in [5.74, 6) is 0. The quantitative estimate of drug-likeness (QED) is 0.483. The van der Waals surface area contributed by atoms with E-state index in [1.165, 1.54) is 0 Å². The molecule has 0 aromatic carbocycles. The molecule has 0 saturated carbocycles. The summed E-state index contributed by atoms with van der Waals surface area (Å²) in [6, 6.07) is 0. The summed E-state index contributed by atoms with van der Waals surface area (Å²) in [5.41, 5.74) is 0. The summed E-state index contributed by atoms with van der Waals surface area (Å²) in [6.45, 7) is 3.06. The van der Waals surface area contributed by atoms with E-state index >= 15 is 0 Å². The van der Waals surface area contributed by atoms with Gasteiger partial charge in [-0.2, -0.15) is 0 Å². The molecule has 1 aliphatic rings. The van der Waals surface area contributed by atoms with E-state index in [4.69, 9.17) is 10.2 Å². The molecule has 0 aliphatic carbocycles. The summed E-state index contributed by atoms with van der Waals surface area (Å²) in [7, 11) is 0. The number of β-amino-alcohol motifs (C(OH)–C–C–N with tert-alkyl or cyclic N) is 1. The number of hydrogen-bond acceptors (Lipinski definition) is 3. The third-order valence-electron chi connectivity index (χ3n) is 1.47. The Labute approximate surface area is 54.9 Å². The van der Waals surface area contributed by atoms with Crippen molar-refractivity contribution >= 4 is 0 Å². The summed E-state index contributed by atoms with van der Waals surface area (Å²) in [5, 5.41) is 17.4. The highest BCUT2D eigenvalue weighted by Crippen LogP contribution is 2.05. The number of hydrogen-bond donors (Lipinski definition) is 2. The van der Waals surface area contributed by atoms with Crippen LogP contribution in [0.4, 0.5) is 0 Å². The first-order chi connectivity index (χ1) is 4.33. The van der Waals surface area contributed by atoms with E-state index in [-0.39, 0.29) is 12.7 Å². The Hall–Kier alpha value is -0.120. The second kappa shape index (κ2) is 3.15. The lowest BCUT2D eigenvalue weighted by Gasteiger charge is -2.07. The van der Waals surface area contributed by atoms with Crippen molar-refractivity contribution in [1.29, 1.82) is 0 Å². The Balaban J connectivity index is 1.95. The Morgan fingerprint density at radius 2 is 2.11 bits per heavy atom. The van der Waals surface area contributed by atoms with Crippen LogP contribution in [0.25, 0.3) is 0 Å². The van der Waals surface area contributed by atoms with E-state index in [0.717, 1.165) is 19.6 Å². The predicted molar refractivity (Wildman–Crippen MR) is 34.1 cm³/mol. The van der Waals surface area contributed by atoms with Crippen LogP contribution in [0.15, 0.2) is 0 Å². The van der Waals surface area contributed by atoms with Gasteiger partial charge in [-0.15, -0.1) is 0 Å². The largest absolute Gasteiger partial charge is 0.396 e.